The van der Waals surface area contributed by atoms with Crippen molar-refractivity contribution in [2.45, 2.75) is 0 Å². The second-order valence-corrected chi connectivity index (χ2v) is 5.74. The van der Waals surface area contributed by atoms with Gasteiger partial charge in [-0.1, -0.05) is 0 Å². The third kappa shape index (κ3) is 4.15. The van der Waals surface area contributed by atoms with Crippen LogP contribution in [0.1, 0.15) is 5.76 Å². The largest absolute Gasteiger partial charge is 0.450 e. The molecule has 7 heteroatoms. The number of furan rings is 1. The predicted octanol–water partition coefficient (Wildman–Crippen LogP) is 4.33. The first-order valence-corrected chi connectivity index (χ1v) is 7.50. The van der Waals surface area contributed by atoms with Crippen molar-refractivity contribution >= 4 is 56.2 Å². The summed E-state index contributed by atoms with van der Waals surface area (Å²) in [5.41, 5.74) is 0.287. The van der Waals surface area contributed by atoms with Crippen molar-refractivity contribution in [3.8, 4) is 6.07 Å². The van der Waals surface area contributed by atoms with E-state index < -0.39 is 11.7 Å². The molecule has 2 rings (SSSR count). The first kappa shape index (κ1) is 15.7. The minimum Gasteiger partial charge on any atom is -0.450 e. The maximum Gasteiger partial charge on any atom is 0.266 e. The molecule has 1 heterocycles. The smallest absolute Gasteiger partial charge is 0.266 e. The van der Waals surface area contributed by atoms with Gasteiger partial charge in [-0.15, -0.1) is 0 Å². The maximum absolute atomic E-state index is 12.8. The van der Waals surface area contributed by atoms with Gasteiger partial charge in [0.2, 0.25) is 0 Å². The van der Waals surface area contributed by atoms with Crippen molar-refractivity contribution < 1.29 is 13.6 Å². The molecule has 1 amide bonds. The van der Waals surface area contributed by atoms with Crippen molar-refractivity contribution in [3.05, 3.63) is 55.7 Å². The van der Waals surface area contributed by atoms with Crippen LogP contribution in [0.5, 0.6) is 0 Å². The number of nitrogens with one attached hydrogen (secondary N) is 1. The number of rotatable bonds is 3. The Hall–Kier alpha value is -1.66. The summed E-state index contributed by atoms with van der Waals surface area (Å²) in [5.74, 6) is -0.609. The van der Waals surface area contributed by atoms with E-state index >= 15 is 0 Å². The van der Waals surface area contributed by atoms with Crippen molar-refractivity contribution in [1.82, 2.24) is 0 Å². The summed E-state index contributed by atoms with van der Waals surface area (Å²) in [7, 11) is 0. The summed E-state index contributed by atoms with van der Waals surface area (Å²) >= 11 is 5.26. The fourth-order valence-electron chi connectivity index (χ4n) is 1.46. The van der Waals surface area contributed by atoms with Gasteiger partial charge < -0.3 is 9.73 Å². The molecule has 0 spiro atoms. The molecule has 0 saturated heterocycles. The van der Waals surface area contributed by atoms with Gasteiger partial charge in [0, 0.05) is 34.4 Å². The van der Waals surface area contributed by atoms with E-state index in [0.717, 1.165) is 4.47 Å². The lowest BCUT2D eigenvalue weighted by atomic mass is 10.2. The fraction of sp³-hybridized carbons (Fsp3) is 0. The topological polar surface area (TPSA) is 66.0 Å². The van der Waals surface area contributed by atoms with Gasteiger partial charge in [0.05, 0.1) is 4.47 Å². The summed E-state index contributed by atoms with van der Waals surface area (Å²) in [6.07, 6.45) is 1.34. The Morgan fingerprint density at radius 2 is 2.10 bits per heavy atom. The first-order chi connectivity index (χ1) is 9.99. The van der Waals surface area contributed by atoms with E-state index in [9.17, 15) is 9.18 Å². The van der Waals surface area contributed by atoms with Crippen molar-refractivity contribution in [2.75, 3.05) is 5.32 Å². The van der Waals surface area contributed by atoms with Gasteiger partial charge in [0.25, 0.3) is 5.91 Å². The number of carbonyl (C=O) groups is 1. The first-order valence-electron chi connectivity index (χ1n) is 5.63. The number of hydrogen-bond acceptors (Lipinski definition) is 3. The van der Waals surface area contributed by atoms with Gasteiger partial charge in [-0.25, -0.2) is 4.39 Å². The van der Waals surface area contributed by atoms with Crippen LogP contribution in [0.4, 0.5) is 10.1 Å². The van der Waals surface area contributed by atoms with E-state index in [0.29, 0.717) is 15.2 Å². The number of carbonyl (C=O) groups excluding carboxylic acids is 1. The molecule has 0 aliphatic rings. The number of halogens is 3. The summed E-state index contributed by atoms with van der Waals surface area (Å²) < 4.78 is 19.5. The summed E-state index contributed by atoms with van der Waals surface area (Å²) in [4.78, 5) is 12.0. The van der Waals surface area contributed by atoms with Gasteiger partial charge in [0.15, 0.2) is 3.77 Å². The van der Waals surface area contributed by atoms with Crippen molar-refractivity contribution in [2.24, 2.45) is 0 Å². The minimum absolute atomic E-state index is 0.114. The Balaban J connectivity index is 2.19. The predicted molar refractivity (Wildman–Crippen MR) is 87.7 cm³/mol. The van der Waals surface area contributed by atoms with Crippen LogP contribution >= 0.6 is 38.5 Å². The van der Waals surface area contributed by atoms with Crippen LogP contribution in [0.3, 0.4) is 0 Å². The molecule has 21 heavy (non-hydrogen) atoms. The lowest BCUT2D eigenvalue weighted by Crippen LogP contribution is -2.13. The molecule has 1 aromatic carbocycles. The molecule has 1 N–H and O–H groups in total. The van der Waals surface area contributed by atoms with Crippen molar-refractivity contribution in [3.63, 3.8) is 0 Å². The molecule has 106 valence electrons. The third-order valence-corrected chi connectivity index (χ3v) is 4.55. The zero-order valence-corrected chi connectivity index (χ0v) is 14.1. The molecule has 4 nitrogen and oxygen atoms in total. The zero-order chi connectivity index (χ0) is 15.4. The quantitative estimate of drug-likeness (QED) is 0.421. The number of anilines is 1. The Labute approximate surface area is 141 Å². The Morgan fingerprint density at radius 3 is 2.62 bits per heavy atom. The zero-order valence-electron chi connectivity index (χ0n) is 10.4. The molecule has 0 fully saturated rings. The molecule has 0 unspecified atom stereocenters. The monoisotopic (exact) mass is 460 g/mol. The molecule has 0 aliphatic heterocycles. The van der Waals surface area contributed by atoms with Crippen LogP contribution in [0.2, 0.25) is 0 Å². The summed E-state index contributed by atoms with van der Waals surface area (Å²) in [5, 5.41) is 11.6. The highest BCUT2D eigenvalue weighted by atomic mass is 127. The Bertz CT molecular complexity index is 728. The molecule has 0 aliphatic carbocycles. The van der Waals surface area contributed by atoms with Crippen LogP contribution in [-0.2, 0) is 4.79 Å². The summed E-state index contributed by atoms with van der Waals surface area (Å²) in [6.45, 7) is 0. The van der Waals surface area contributed by atoms with Crippen LogP contribution in [0.15, 0.2) is 44.8 Å². The normalized spacial score (nSPS) is 11.0. The second kappa shape index (κ2) is 6.87. The molecule has 0 atom stereocenters. The van der Waals surface area contributed by atoms with Crippen LogP contribution in [-0.4, -0.2) is 5.91 Å². The highest BCUT2D eigenvalue weighted by molar-refractivity contribution is 14.1. The number of hydrogen-bond donors (Lipinski definition) is 1. The number of amides is 1. The molecule has 2 aromatic rings. The highest BCUT2D eigenvalue weighted by Gasteiger charge is 2.12. The molecular weight excluding hydrogens is 454 g/mol. The third-order valence-electron chi connectivity index (χ3n) is 2.42. The van der Waals surface area contributed by atoms with Crippen LogP contribution < -0.4 is 5.32 Å². The number of nitrogens with zero attached hydrogens (tertiary/aromatic N) is 1. The van der Waals surface area contributed by atoms with Crippen LogP contribution in [0.25, 0.3) is 6.08 Å². The van der Waals surface area contributed by atoms with Gasteiger partial charge >= 0.3 is 0 Å². The summed E-state index contributed by atoms with van der Waals surface area (Å²) in [6, 6.07) is 8.73. The molecule has 0 radical (unpaired) electrons. The van der Waals surface area contributed by atoms with E-state index in [1.807, 2.05) is 28.7 Å². The lowest BCUT2D eigenvalue weighted by Gasteiger charge is -2.03. The van der Waals surface area contributed by atoms with Gasteiger partial charge in [-0.05, 0) is 46.3 Å². The Morgan fingerprint density at radius 1 is 1.43 bits per heavy atom. The van der Waals surface area contributed by atoms with E-state index in [1.165, 1.54) is 30.3 Å². The van der Waals surface area contributed by atoms with E-state index in [2.05, 4.69) is 21.2 Å². The molecular formula is C14H7BrFIN2O2. The Kier molecular flexibility index (Phi) is 5.14. The fourth-order valence-corrected chi connectivity index (χ4v) is 2.17. The SMILES string of the molecule is N#C/C(=C/c1cc(Br)c(I)o1)C(=O)Nc1ccc(F)cc1. The molecule has 0 bridgehead atoms. The van der Waals surface area contributed by atoms with Crippen molar-refractivity contribution in [1.29, 1.82) is 5.26 Å². The van der Waals surface area contributed by atoms with E-state index in [4.69, 9.17) is 9.68 Å². The van der Waals surface area contributed by atoms with E-state index in [-0.39, 0.29) is 5.57 Å². The van der Waals surface area contributed by atoms with Gasteiger partial charge in [-0.2, -0.15) is 5.26 Å². The maximum atomic E-state index is 12.8. The van der Waals surface area contributed by atoms with E-state index in [1.54, 1.807) is 6.07 Å². The molecule has 1 aromatic heterocycles. The van der Waals surface area contributed by atoms with Gasteiger partial charge in [0.1, 0.15) is 23.2 Å². The van der Waals surface area contributed by atoms with Crippen LogP contribution in [0, 0.1) is 20.9 Å². The number of benzene rings is 1. The standard InChI is InChI=1S/C14H7BrFIN2O2/c15-12-6-11(21-13(12)17)5-8(7-18)14(20)19-10-3-1-9(16)2-4-10/h1-6H,(H,19,20)/b8-5-. The van der Waals surface area contributed by atoms with Gasteiger partial charge in [-0.3, -0.25) is 4.79 Å². The second-order valence-electron chi connectivity index (χ2n) is 3.90. The highest BCUT2D eigenvalue weighted by Crippen LogP contribution is 2.24. The lowest BCUT2D eigenvalue weighted by molar-refractivity contribution is -0.112. The average Bonchev–Trinajstić information content (AvgIpc) is 2.77. The minimum atomic E-state index is -0.591. The average molecular weight is 461 g/mol. The number of nitriles is 1. The molecule has 0 saturated carbocycles.